The van der Waals surface area contributed by atoms with Crippen molar-refractivity contribution in [2.45, 2.75) is 58.7 Å². The Kier molecular flexibility index (Phi) is 9.65. The van der Waals surface area contributed by atoms with Gasteiger partial charge in [0.15, 0.2) is 0 Å². The summed E-state index contributed by atoms with van der Waals surface area (Å²) in [5.74, 6) is -0.918. The standard InChI is InChI=1S/C32H38ClN3O3/c1-22-6-4-7-23(2)30(22)31(37)34-24(3)14-17-35-18-15-29(16-19-35)36(21-25-8-5-9-27(33)20-25)28-12-10-26(11-13-28)32(38)39/h4-13,20,24,29H,14-19,21H2,1-3H3,(H,34,37)(H,38,39). The first kappa shape index (κ1) is 28.7. The van der Waals surface area contributed by atoms with Crippen molar-refractivity contribution in [3.8, 4) is 0 Å². The fraction of sp³-hybridized carbons (Fsp3) is 0.375. The lowest BCUT2D eigenvalue weighted by atomic mass is 10.00. The van der Waals surface area contributed by atoms with Crippen LogP contribution in [-0.2, 0) is 6.54 Å². The highest BCUT2D eigenvalue weighted by molar-refractivity contribution is 6.30. The summed E-state index contributed by atoms with van der Waals surface area (Å²) in [6.45, 7) is 9.62. The Morgan fingerprint density at radius 1 is 1.03 bits per heavy atom. The van der Waals surface area contributed by atoms with Crippen LogP contribution in [0, 0.1) is 13.8 Å². The number of carboxylic acids is 1. The molecule has 0 radical (unpaired) electrons. The molecule has 1 unspecified atom stereocenters. The van der Waals surface area contributed by atoms with Crippen molar-refractivity contribution >= 4 is 29.2 Å². The summed E-state index contributed by atoms with van der Waals surface area (Å²) < 4.78 is 0. The minimum absolute atomic E-state index is 0.00221. The quantitative estimate of drug-likeness (QED) is 0.310. The third-order valence-electron chi connectivity index (χ3n) is 7.65. The predicted molar refractivity (Wildman–Crippen MR) is 158 cm³/mol. The molecule has 3 aromatic rings. The Labute approximate surface area is 236 Å². The maximum Gasteiger partial charge on any atom is 0.335 e. The topological polar surface area (TPSA) is 72.9 Å². The molecule has 6 nitrogen and oxygen atoms in total. The van der Waals surface area contributed by atoms with Crippen LogP contribution in [0.25, 0.3) is 0 Å². The summed E-state index contributed by atoms with van der Waals surface area (Å²) in [5, 5.41) is 13.2. The van der Waals surface area contributed by atoms with Crippen LogP contribution in [0.5, 0.6) is 0 Å². The van der Waals surface area contributed by atoms with Crippen molar-refractivity contribution in [1.82, 2.24) is 10.2 Å². The summed E-state index contributed by atoms with van der Waals surface area (Å²) in [6, 6.07) is 21.4. The van der Waals surface area contributed by atoms with Crippen molar-refractivity contribution in [1.29, 1.82) is 0 Å². The summed E-state index contributed by atoms with van der Waals surface area (Å²) in [6.07, 6.45) is 2.90. The molecular formula is C32H38ClN3O3. The summed E-state index contributed by atoms with van der Waals surface area (Å²) in [5.41, 5.74) is 5.21. The van der Waals surface area contributed by atoms with Gasteiger partial charge in [0.1, 0.15) is 0 Å². The zero-order valence-corrected chi connectivity index (χ0v) is 23.7. The second-order valence-electron chi connectivity index (χ2n) is 10.6. The summed E-state index contributed by atoms with van der Waals surface area (Å²) in [4.78, 5) is 29.1. The van der Waals surface area contributed by atoms with Gasteiger partial charge in [-0.2, -0.15) is 0 Å². The van der Waals surface area contributed by atoms with Gasteiger partial charge in [0, 0.05) is 54.5 Å². The Morgan fingerprint density at radius 2 is 1.67 bits per heavy atom. The van der Waals surface area contributed by atoms with Gasteiger partial charge in [-0.05, 0) is 93.1 Å². The van der Waals surface area contributed by atoms with E-state index in [4.69, 9.17) is 11.6 Å². The number of anilines is 1. The molecule has 1 heterocycles. The number of likely N-dealkylation sites (tertiary alicyclic amines) is 1. The van der Waals surface area contributed by atoms with Crippen molar-refractivity contribution in [3.63, 3.8) is 0 Å². The van der Waals surface area contributed by atoms with Gasteiger partial charge < -0.3 is 20.2 Å². The number of carbonyl (C=O) groups excluding carboxylic acids is 1. The maximum atomic E-state index is 12.9. The number of piperidine rings is 1. The zero-order chi connectivity index (χ0) is 27.9. The van der Waals surface area contributed by atoms with Gasteiger partial charge in [0.05, 0.1) is 5.56 Å². The number of halogens is 1. The molecule has 7 heteroatoms. The molecule has 3 aromatic carbocycles. The molecule has 1 atom stereocenters. The van der Waals surface area contributed by atoms with Crippen LogP contribution >= 0.6 is 11.6 Å². The van der Waals surface area contributed by atoms with E-state index in [9.17, 15) is 14.7 Å². The molecule has 1 fully saturated rings. The van der Waals surface area contributed by atoms with Crippen LogP contribution in [0.15, 0.2) is 66.7 Å². The van der Waals surface area contributed by atoms with Crippen LogP contribution in [0.4, 0.5) is 5.69 Å². The monoisotopic (exact) mass is 547 g/mol. The number of carbonyl (C=O) groups is 2. The minimum atomic E-state index is -0.921. The highest BCUT2D eigenvalue weighted by atomic mass is 35.5. The van der Waals surface area contributed by atoms with Gasteiger partial charge in [-0.15, -0.1) is 0 Å². The minimum Gasteiger partial charge on any atom is -0.478 e. The fourth-order valence-electron chi connectivity index (χ4n) is 5.43. The lowest BCUT2D eigenvalue weighted by molar-refractivity contribution is 0.0696. The Morgan fingerprint density at radius 3 is 2.28 bits per heavy atom. The van der Waals surface area contributed by atoms with Crippen molar-refractivity contribution in [2.24, 2.45) is 0 Å². The third kappa shape index (κ3) is 7.61. The molecule has 0 aliphatic carbocycles. The molecule has 206 valence electrons. The van der Waals surface area contributed by atoms with E-state index in [1.165, 1.54) is 0 Å². The maximum absolute atomic E-state index is 12.9. The molecule has 1 saturated heterocycles. The van der Waals surface area contributed by atoms with Crippen LogP contribution < -0.4 is 10.2 Å². The first-order valence-corrected chi connectivity index (χ1v) is 14.0. The largest absolute Gasteiger partial charge is 0.478 e. The van der Waals surface area contributed by atoms with Gasteiger partial charge in [0.25, 0.3) is 5.91 Å². The first-order valence-electron chi connectivity index (χ1n) is 13.6. The Hall–Kier alpha value is -3.35. The average molecular weight is 548 g/mol. The van der Waals surface area contributed by atoms with E-state index in [2.05, 4.69) is 28.1 Å². The van der Waals surface area contributed by atoms with E-state index >= 15 is 0 Å². The van der Waals surface area contributed by atoms with Crippen LogP contribution in [-0.4, -0.2) is 53.6 Å². The van der Waals surface area contributed by atoms with Crippen molar-refractivity contribution in [3.05, 3.63) is 99.6 Å². The van der Waals surface area contributed by atoms with Gasteiger partial charge in [-0.1, -0.05) is 41.9 Å². The van der Waals surface area contributed by atoms with Crippen LogP contribution in [0.2, 0.25) is 5.02 Å². The number of nitrogens with one attached hydrogen (secondary N) is 1. The molecule has 1 aliphatic rings. The smallest absolute Gasteiger partial charge is 0.335 e. The Balaban J connectivity index is 1.35. The molecule has 0 spiro atoms. The molecule has 2 N–H and O–H groups in total. The lowest BCUT2D eigenvalue weighted by Crippen LogP contribution is -2.46. The second-order valence-corrected chi connectivity index (χ2v) is 11.0. The Bertz CT molecular complexity index is 1270. The molecule has 1 amide bonds. The first-order chi connectivity index (χ1) is 18.7. The van der Waals surface area contributed by atoms with E-state index < -0.39 is 5.97 Å². The number of aromatic carboxylic acids is 1. The number of amides is 1. The van der Waals surface area contributed by atoms with Crippen LogP contribution in [0.3, 0.4) is 0 Å². The third-order valence-corrected chi connectivity index (χ3v) is 7.88. The van der Waals surface area contributed by atoms with E-state index in [0.29, 0.717) is 17.6 Å². The second kappa shape index (κ2) is 13.1. The molecule has 1 aliphatic heterocycles. The number of carboxylic acid groups (broad SMARTS) is 1. The molecule has 4 rings (SSSR count). The summed E-state index contributed by atoms with van der Waals surface area (Å²) in [7, 11) is 0. The fourth-order valence-corrected chi connectivity index (χ4v) is 5.64. The van der Waals surface area contributed by atoms with E-state index in [-0.39, 0.29) is 17.5 Å². The van der Waals surface area contributed by atoms with Gasteiger partial charge >= 0.3 is 5.97 Å². The SMILES string of the molecule is Cc1cccc(C)c1C(=O)NC(C)CCN1CCC(N(Cc2cccc(Cl)c2)c2ccc(C(=O)O)cc2)CC1. The highest BCUT2D eigenvalue weighted by Crippen LogP contribution is 2.27. The normalized spacial score (nSPS) is 15.1. The molecular weight excluding hydrogens is 510 g/mol. The molecule has 39 heavy (non-hydrogen) atoms. The molecule has 0 bridgehead atoms. The van der Waals surface area contributed by atoms with E-state index in [0.717, 1.165) is 66.8 Å². The number of hydrogen-bond acceptors (Lipinski definition) is 4. The number of benzene rings is 3. The van der Waals surface area contributed by atoms with E-state index in [1.807, 2.05) is 62.4 Å². The number of hydrogen-bond donors (Lipinski definition) is 2. The predicted octanol–water partition coefficient (Wildman–Crippen LogP) is 6.33. The van der Waals surface area contributed by atoms with Gasteiger partial charge in [0.2, 0.25) is 0 Å². The van der Waals surface area contributed by atoms with Crippen molar-refractivity contribution in [2.75, 3.05) is 24.5 Å². The molecule has 0 aromatic heterocycles. The average Bonchev–Trinajstić information content (AvgIpc) is 2.91. The number of nitrogens with zero attached hydrogens (tertiary/aromatic N) is 2. The lowest BCUT2D eigenvalue weighted by Gasteiger charge is -2.40. The van der Waals surface area contributed by atoms with E-state index in [1.54, 1.807) is 12.1 Å². The number of rotatable bonds is 10. The van der Waals surface area contributed by atoms with Crippen LogP contribution in [0.1, 0.15) is 63.6 Å². The summed E-state index contributed by atoms with van der Waals surface area (Å²) >= 11 is 6.26. The van der Waals surface area contributed by atoms with Gasteiger partial charge in [-0.25, -0.2) is 4.79 Å². The highest BCUT2D eigenvalue weighted by Gasteiger charge is 2.26. The molecule has 0 saturated carbocycles. The zero-order valence-electron chi connectivity index (χ0n) is 23.0. The van der Waals surface area contributed by atoms with Gasteiger partial charge in [-0.3, -0.25) is 4.79 Å². The van der Waals surface area contributed by atoms with Crippen molar-refractivity contribution < 1.29 is 14.7 Å². The number of aryl methyl sites for hydroxylation is 2.